The van der Waals surface area contributed by atoms with E-state index in [1.54, 1.807) is 23.7 Å². The molecule has 1 aromatic carbocycles. The molecule has 3 aromatic rings. The van der Waals surface area contributed by atoms with Crippen LogP contribution in [0.4, 0.5) is 5.82 Å². The molecule has 1 N–H and O–H groups in total. The van der Waals surface area contributed by atoms with Crippen LogP contribution in [0.2, 0.25) is 0 Å². The molecule has 7 heteroatoms. The maximum atomic E-state index is 12.6. The van der Waals surface area contributed by atoms with Crippen molar-refractivity contribution >= 4 is 33.3 Å². The number of likely N-dealkylation sites (N-methyl/N-ethyl adjacent to an activating group) is 1. The molecular weight excluding hydrogens is 406 g/mol. The molecule has 3 heterocycles. The largest absolute Gasteiger partial charge is 0.363 e. The van der Waals surface area contributed by atoms with E-state index >= 15 is 0 Å². The monoisotopic (exact) mass is 435 g/mol. The predicted molar refractivity (Wildman–Crippen MR) is 127 cm³/mol. The summed E-state index contributed by atoms with van der Waals surface area (Å²) in [4.78, 5) is 27.9. The Morgan fingerprint density at radius 1 is 1.29 bits per heavy atom. The molecule has 0 fully saturated rings. The van der Waals surface area contributed by atoms with E-state index in [1.165, 1.54) is 16.0 Å². The first-order valence-electron chi connectivity index (χ1n) is 10.7. The van der Waals surface area contributed by atoms with Crippen molar-refractivity contribution in [3.05, 3.63) is 64.8 Å². The molecule has 0 radical (unpaired) electrons. The second-order valence-corrected chi connectivity index (χ2v) is 9.18. The molecule has 31 heavy (non-hydrogen) atoms. The Hall–Kier alpha value is -2.77. The van der Waals surface area contributed by atoms with Crippen LogP contribution in [0.15, 0.2) is 48.8 Å². The van der Waals surface area contributed by atoms with Crippen LogP contribution in [0.1, 0.15) is 35.4 Å². The lowest BCUT2D eigenvalue weighted by molar-refractivity contribution is -0.126. The summed E-state index contributed by atoms with van der Waals surface area (Å²) in [5.41, 5.74) is 2.54. The van der Waals surface area contributed by atoms with Crippen LogP contribution >= 0.6 is 11.3 Å². The second kappa shape index (κ2) is 9.58. The van der Waals surface area contributed by atoms with Gasteiger partial charge in [0.15, 0.2) is 0 Å². The van der Waals surface area contributed by atoms with E-state index < -0.39 is 0 Å². The molecule has 6 nitrogen and oxygen atoms in total. The fourth-order valence-electron chi connectivity index (χ4n) is 3.97. The minimum atomic E-state index is 0.0736. The van der Waals surface area contributed by atoms with Gasteiger partial charge in [-0.25, -0.2) is 9.97 Å². The highest BCUT2D eigenvalue weighted by Gasteiger charge is 2.26. The predicted octanol–water partition coefficient (Wildman–Crippen LogP) is 4.26. The zero-order chi connectivity index (χ0) is 21.8. The maximum Gasteiger partial charge on any atom is 0.246 e. The normalized spacial score (nSPS) is 14.9. The molecule has 0 bridgehead atoms. The lowest BCUT2D eigenvalue weighted by atomic mass is 10.0. The summed E-state index contributed by atoms with van der Waals surface area (Å²) in [5.74, 6) is 0.966. The average Bonchev–Trinajstić information content (AvgIpc) is 3.16. The summed E-state index contributed by atoms with van der Waals surface area (Å²) in [6.07, 6.45) is 7.04. The number of aromatic nitrogens is 2. The third-order valence-electron chi connectivity index (χ3n) is 5.60. The Labute approximate surface area is 187 Å². The summed E-state index contributed by atoms with van der Waals surface area (Å²) < 4.78 is 0. The quantitative estimate of drug-likeness (QED) is 0.562. The molecule has 1 aliphatic rings. The van der Waals surface area contributed by atoms with E-state index in [4.69, 9.17) is 0 Å². The van der Waals surface area contributed by atoms with Crippen LogP contribution in [0.3, 0.4) is 0 Å². The van der Waals surface area contributed by atoms with Gasteiger partial charge in [-0.05, 0) is 38.1 Å². The smallest absolute Gasteiger partial charge is 0.246 e. The van der Waals surface area contributed by atoms with Gasteiger partial charge in [-0.3, -0.25) is 4.79 Å². The highest BCUT2D eigenvalue weighted by molar-refractivity contribution is 7.19. The van der Waals surface area contributed by atoms with Crippen molar-refractivity contribution in [2.24, 2.45) is 0 Å². The third-order valence-corrected chi connectivity index (χ3v) is 6.73. The van der Waals surface area contributed by atoms with Gasteiger partial charge < -0.3 is 15.1 Å². The molecule has 0 aliphatic carbocycles. The lowest BCUT2D eigenvalue weighted by Gasteiger charge is -2.26. The molecule has 1 aliphatic heterocycles. The number of hydrogen-bond acceptors (Lipinski definition) is 6. The summed E-state index contributed by atoms with van der Waals surface area (Å²) in [6, 6.07) is 10.7. The van der Waals surface area contributed by atoms with Gasteiger partial charge in [0.1, 0.15) is 17.0 Å². The molecule has 0 spiro atoms. The minimum Gasteiger partial charge on any atom is -0.363 e. The summed E-state index contributed by atoms with van der Waals surface area (Å²) in [5, 5.41) is 4.77. The zero-order valence-corrected chi connectivity index (χ0v) is 19.2. The average molecular weight is 436 g/mol. The standard InChI is InChI=1S/C24H29N5OS/c1-4-19(17-9-6-5-7-10-17)27-23-22-18-12-14-29(21(30)11-8-13-28(2)3)15-20(18)31-24(22)26-16-25-23/h5-11,16,19H,4,12-15H2,1-3H3,(H,25,26,27)/t19-/m1/s1. The van der Waals surface area contributed by atoms with Crippen molar-refractivity contribution in [1.82, 2.24) is 19.8 Å². The van der Waals surface area contributed by atoms with Crippen molar-refractivity contribution in [1.29, 1.82) is 0 Å². The topological polar surface area (TPSA) is 61.4 Å². The van der Waals surface area contributed by atoms with Crippen LogP contribution < -0.4 is 5.32 Å². The highest BCUT2D eigenvalue weighted by Crippen LogP contribution is 2.38. The first kappa shape index (κ1) is 21.5. The second-order valence-electron chi connectivity index (χ2n) is 8.10. The van der Waals surface area contributed by atoms with Gasteiger partial charge >= 0.3 is 0 Å². The van der Waals surface area contributed by atoms with Crippen LogP contribution in [0.5, 0.6) is 0 Å². The van der Waals surface area contributed by atoms with E-state index in [0.717, 1.165) is 35.4 Å². The number of rotatable bonds is 7. The van der Waals surface area contributed by atoms with E-state index in [1.807, 2.05) is 36.0 Å². The zero-order valence-electron chi connectivity index (χ0n) is 18.3. The van der Waals surface area contributed by atoms with Crippen molar-refractivity contribution in [2.45, 2.75) is 32.4 Å². The fourth-order valence-corrected chi connectivity index (χ4v) is 5.17. The van der Waals surface area contributed by atoms with Crippen molar-refractivity contribution in [3.63, 3.8) is 0 Å². The molecule has 0 saturated heterocycles. The van der Waals surface area contributed by atoms with E-state index in [-0.39, 0.29) is 11.9 Å². The number of benzene rings is 1. The van der Waals surface area contributed by atoms with Crippen LogP contribution in [-0.4, -0.2) is 52.9 Å². The molecule has 0 saturated carbocycles. The van der Waals surface area contributed by atoms with E-state index in [2.05, 4.69) is 46.5 Å². The maximum absolute atomic E-state index is 12.6. The molecule has 162 valence electrons. The molecular formula is C24H29N5OS. The lowest BCUT2D eigenvalue weighted by Crippen LogP contribution is -2.34. The van der Waals surface area contributed by atoms with Gasteiger partial charge in [0, 0.05) is 24.0 Å². The van der Waals surface area contributed by atoms with E-state index in [9.17, 15) is 4.79 Å². The minimum absolute atomic E-state index is 0.0736. The first-order chi connectivity index (χ1) is 15.1. The number of nitrogens with one attached hydrogen (secondary N) is 1. The van der Waals surface area contributed by atoms with Crippen molar-refractivity contribution < 1.29 is 4.79 Å². The Kier molecular flexibility index (Phi) is 6.63. The van der Waals surface area contributed by atoms with E-state index in [0.29, 0.717) is 13.1 Å². The number of anilines is 1. The van der Waals surface area contributed by atoms with Gasteiger partial charge in [-0.2, -0.15) is 0 Å². The summed E-state index contributed by atoms with van der Waals surface area (Å²) >= 11 is 1.68. The SMILES string of the molecule is CC[C@@H](Nc1ncnc2sc3c(c12)CCN(C(=O)C=CCN(C)C)C3)c1ccccc1. The number of carbonyl (C=O) groups excluding carboxylic acids is 1. The number of thiophene rings is 1. The highest BCUT2D eigenvalue weighted by atomic mass is 32.1. The Morgan fingerprint density at radius 2 is 2.10 bits per heavy atom. The van der Waals surface area contributed by atoms with Crippen LogP contribution in [0, 0.1) is 0 Å². The molecule has 2 aromatic heterocycles. The molecule has 0 unspecified atom stereocenters. The van der Waals surface area contributed by atoms with Gasteiger partial charge in [0.2, 0.25) is 5.91 Å². The van der Waals surface area contributed by atoms with Gasteiger partial charge in [-0.15, -0.1) is 11.3 Å². The number of amides is 1. The Balaban J connectivity index is 1.58. The number of carbonyl (C=O) groups is 1. The number of hydrogen-bond donors (Lipinski definition) is 1. The van der Waals surface area contributed by atoms with Crippen molar-refractivity contribution in [3.8, 4) is 0 Å². The van der Waals surface area contributed by atoms with Gasteiger partial charge in [-0.1, -0.05) is 43.3 Å². The van der Waals surface area contributed by atoms with Crippen molar-refractivity contribution in [2.75, 3.05) is 32.5 Å². The number of fused-ring (bicyclic) bond motifs is 3. The van der Waals surface area contributed by atoms with Crippen LogP contribution in [-0.2, 0) is 17.8 Å². The fraction of sp³-hybridized carbons (Fsp3) is 0.375. The molecule has 1 amide bonds. The summed E-state index contributed by atoms with van der Waals surface area (Å²) in [6.45, 7) is 4.29. The number of nitrogens with zero attached hydrogens (tertiary/aromatic N) is 4. The van der Waals surface area contributed by atoms with Gasteiger partial charge in [0.25, 0.3) is 0 Å². The molecule has 4 rings (SSSR count). The van der Waals surface area contributed by atoms with Crippen LogP contribution in [0.25, 0.3) is 10.2 Å². The van der Waals surface area contributed by atoms with Gasteiger partial charge in [0.05, 0.1) is 18.0 Å². The first-order valence-corrected chi connectivity index (χ1v) is 11.5. The Bertz CT molecular complexity index is 1080. The molecule has 1 atom stereocenters. The Morgan fingerprint density at radius 3 is 2.84 bits per heavy atom. The third kappa shape index (κ3) is 4.78. The summed E-state index contributed by atoms with van der Waals surface area (Å²) in [7, 11) is 3.99.